The zero-order valence-electron chi connectivity index (χ0n) is 12.1. The van der Waals surface area contributed by atoms with E-state index in [-0.39, 0.29) is 12.1 Å². The summed E-state index contributed by atoms with van der Waals surface area (Å²) in [5, 5.41) is 13.8. The van der Waals surface area contributed by atoms with Gasteiger partial charge in [-0.3, -0.25) is 0 Å². The molecular weight excluding hydrogens is 258 g/mol. The van der Waals surface area contributed by atoms with Crippen molar-refractivity contribution in [3.05, 3.63) is 18.5 Å². The zero-order chi connectivity index (χ0) is 14.1. The smallest absolute Gasteiger partial charge is 0.187 e. The Labute approximate surface area is 120 Å². The third kappa shape index (κ3) is 6.89. The first-order chi connectivity index (χ1) is 9.06. The molecule has 1 unspecified atom stereocenters. The normalized spacial score (nSPS) is 14.6. The summed E-state index contributed by atoms with van der Waals surface area (Å²) in [4.78, 5) is 8.36. The third-order valence-electron chi connectivity index (χ3n) is 2.88. The molecule has 0 aliphatic carbocycles. The van der Waals surface area contributed by atoms with Crippen LogP contribution in [0.1, 0.15) is 40.0 Å². The number of nitrogens with zero attached hydrogens (tertiary/aromatic N) is 2. The van der Waals surface area contributed by atoms with E-state index < -0.39 is 0 Å². The third-order valence-corrected chi connectivity index (χ3v) is 3.84. The quantitative estimate of drug-likeness (QED) is 0.414. The van der Waals surface area contributed by atoms with Gasteiger partial charge in [-0.05, 0) is 25.8 Å². The van der Waals surface area contributed by atoms with Gasteiger partial charge in [0.1, 0.15) is 0 Å². The lowest BCUT2D eigenvalue weighted by Gasteiger charge is -2.31. The Kier molecular flexibility index (Phi) is 7.34. The van der Waals surface area contributed by atoms with E-state index in [4.69, 9.17) is 0 Å². The highest BCUT2D eigenvalue weighted by atomic mass is 32.2. The van der Waals surface area contributed by atoms with Crippen LogP contribution >= 0.6 is 11.8 Å². The predicted octanol–water partition coefficient (Wildman–Crippen LogP) is 2.49. The number of nitrogens with one attached hydrogen (secondary N) is 1. The zero-order valence-corrected chi connectivity index (χ0v) is 12.9. The highest BCUT2D eigenvalue weighted by molar-refractivity contribution is 7.99. The summed E-state index contributed by atoms with van der Waals surface area (Å²) < 4.78 is 0. The summed E-state index contributed by atoms with van der Waals surface area (Å²) in [6.07, 6.45) is 6.72. The Morgan fingerprint density at radius 1 is 1.32 bits per heavy atom. The molecule has 1 atom stereocenters. The Bertz CT molecular complexity index is 348. The predicted molar refractivity (Wildman–Crippen MR) is 80.4 cm³/mol. The van der Waals surface area contributed by atoms with E-state index in [0.717, 1.165) is 30.2 Å². The molecule has 4 nitrogen and oxygen atoms in total. The summed E-state index contributed by atoms with van der Waals surface area (Å²) in [6, 6.07) is 2.22. The van der Waals surface area contributed by atoms with Gasteiger partial charge in [-0.25, -0.2) is 9.97 Å². The minimum atomic E-state index is -0.165. The van der Waals surface area contributed by atoms with Crippen molar-refractivity contribution in [3.8, 4) is 0 Å². The maximum atomic E-state index is 9.48. The molecule has 1 heterocycles. The van der Waals surface area contributed by atoms with Gasteiger partial charge < -0.3 is 10.4 Å². The molecule has 0 radical (unpaired) electrons. The van der Waals surface area contributed by atoms with Crippen molar-refractivity contribution in [2.75, 3.05) is 12.4 Å². The first-order valence-corrected chi connectivity index (χ1v) is 7.83. The number of thioether (sulfide) groups is 1. The molecule has 0 bridgehead atoms. The fraction of sp³-hybridized carbons (Fsp3) is 0.714. The SMILES string of the molecule is CC(C)NC(C)(CO)CCCCSc1ncccn1. The van der Waals surface area contributed by atoms with Gasteiger partial charge in [0, 0.05) is 29.7 Å². The lowest BCUT2D eigenvalue weighted by atomic mass is 9.95. The van der Waals surface area contributed by atoms with E-state index >= 15 is 0 Å². The summed E-state index contributed by atoms with van der Waals surface area (Å²) in [7, 11) is 0. The molecule has 0 amide bonds. The van der Waals surface area contributed by atoms with Crippen LogP contribution in [0.5, 0.6) is 0 Å². The average molecular weight is 283 g/mol. The second-order valence-corrected chi connectivity index (χ2v) is 6.42. The number of aliphatic hydroxyl groups excluding tert-OH is 1. The lowest BCUT2D eigenvalue weighted by Crippen LogP contribution is -2.49. The number of aromatic nitrogens is 2. The maximum absolute atomic E-state index is 9.48. The molecule has 1 aromatic heterocycles. The molecule has 0 fully saturated rings. The number of rotatable bonds is 9. The first kappa shape index (κ1) is 16.4. The minimum absolute atomic E-state index is 0.165. The molecule has 0 aromatic carbocycles. The van der Waals surface area contributed by atoms with Gasteiger partial charge in [0.25, 0.3) is 0 Å². The molecule has 108 valence electrons. The van der Waals surface area contributed by atoms with E-state index in [0.29, 0.717) is 6.04 Å². The Hall–Kier alpha value is -0.650. The van der Waals surface area contributed by atoms with Gasteiger partial charge in [-0.2, -0.15) is 0 Å². The van der Waals surface area contributed by atoms with Crippen molar-refractivity contribution in [1.29, 1.82) is 0 Å². The van der Waals surface area contributed by atoms with Crippen LogP contribution in [0.3, 0.4) is 0 Å². The molecule has 0 aliphatic rings. The molecule has 0 spiro atoms. The van der Waals surface area contributed by atoms with Crippen LogP contribution < -0.4 is 5.32 Å². The number of aliphatic hydroxyl groups is 1. The van der Waals surface area contributed by atoms with Crippen molar-refractivity contribution < 1.29 is 5.11 Å². The topological polar surface area (TPSA) is 58.0 Å². The second-order valence-electron chi connectivity index (χ2n) is 5.35. The van der Waals surface area contributed by atoms with Crippen molar-refractivity contribution in [1.82, 2.24) is 15.3 Å². The molecule has 0 saturated heterocycles. The largest absolute Gasteiger partial charge is 0.394 e. The summed E-state index contributed by atoms with van der Waals surface area (Å²) >= 11 is 1.69. The van der Waals surface area contributed by atoms with E-state index in [2.05, 4.69) is 36.1 Å². The lowest BCUT2D eigenvalue weighted by molar-refractivity contribution is 0.154. The fourth-order valence-electron chi connectivity index (χ4n) is 2.03. The van der Waals surface area contributed by atoms with E-state index in [1.54, 1.807) is 24.2 Å². The van der Waals surface area contributed by atoms with Crippen molar-refractivity contribution in [2.24, 2.45) is 0 Å². The molecule has 1 aromatic rings. The van der Waals surface area contributed by atoms with Gasteiger partial charge in [-0.1, -0.05) is 32.0 Å². The maximum Gasteiger partial charge on any atom is 0.187 e. The van der Waals surface area contributed by atoms with Crippen LogP contribution in [-0.4, -0.2) is 39.0 Å². The highest BCUT2D eigenvalue weighted by Crippen LogP contribution is 2.18. The van der Waals surface area contributed by atoms with Crippen molar-refractivity contribution in [3.63, 3.8) is 0 Å². The molecule has 0 aliphatic heterocycles. The standard InChI is InChI=1S/C14H25N3OS/c1-12(2)17-14(3,11-18)7-4-5-10-19-13-15-8-6-9-16-13/h6,8-9,12,17-18H,4-5,7,10-11H2,1-3H3. The molecule has 1 rings (SSSR count). The van der Waals surface area contributed by atoms with Crippen LogP contribution in [-0.2, 0) is 0 Å². The Morgan fingerprint density at radius 3 is 2.58 bits per heavy atom. The molecule has 19 heavy (non-hydrogen) atoms. The van der Waals surface area contributed by atoms with Crippen LogP contribution in [0.4, 0.5) is 0 Å². The Balaban J connectivity index is 2.19. The monoisotopic (exact) mass is 283 g/mol. The van der Waals surface area contributed by atoms with Crippen LogP contribution in [0.25, 0.3) is 0 Å². The van der Waals surface area contributed by atoms with Crippen molar-refractivity contribution >= 4 is 11.8 Å². The van der Waals surface area contributed by atoms with Gasteiger partial charge >= 0.3 is 0 Å². The molecule has 0 saturated carbocycles. The van der Waals surface area contributed by atoms with E-state index in [1.165, 1.54) is 0 Å². The Morgan fingerprint density at radius 2 is 2.00 bits per heavy atom. The van der Waals surface area contributed by atoms with Crippen LogP contribution in [0.15, 0.2) is 23.6 Å². The van der Waals surface area contributed by atoms with Gasteiger partial charge in [0.15, 0.2) is 5.16 Å². The second kappa shape index (κ2) is 8.51. The minimum Gasteiger partial charge on any atom is -0.394 e. The highest BCUT2D eigenvalue weighted by Gasteiger charge is 2.22. The van der Waals surface area contributed by atoms with Crippen molar-refractivity contribution in [2.45, 2.75) is 56.8 Å². The molecular formula is C14H25N3OS. The summed E-state index contributed by atoms with van der Waals surface area (Å²) in [5.74, 6) is 1.02. The van der Waals surface area contributed by atoms with E-state index in [9.17, 15) is 5.11 Å². The fourth-order valence-corrected chi connectivity index (χ4v) is 2.84. The van der Waals surface area contributed by atoms with Gasteiger partial charge in [0.05, 0.1) is 6.61 Å². The molecule has 5 heteroatoms. The van der Waals surface area contributed by atoms with Crippen LogP contribution in [0.2, 0.25) is 0 Å². The van der Waals surface area contributed by atoms with E-state index in [1.807, 2.05) is 6.07 Å². The van der Waals surface area contributed by atoms with Gasteiger partial charge in [0.2, 0.25) is 0 Å². The summed E-state index contributed by atoms with van der Waals surface area (Å²) in [6.45, 7) is 6.48. The molecule has 2 N–H and O–H groups in total. The number of hydrogen-bond donors (Lipinski definition) is 2. The van der Waals surface area contributed by atoms with Gasteiger partial charge in [-0.15, -0.1) is 0 Å². The number of hydrogen-bond acceptors (Lipinski definition) is 5. The summed E-state index contributed by atoms with van der Waals surface area (Å²) in [5.41, 5.74) is -0.165. The first-order valence-electron chi connectivity index (χ1n) is 6.84. The number of unbranched alkanes of at least 4 members (excludes halogenated alkanes) is 1. The van der Waals surface area contributed by atoms with Crippen LogP contribution in [0, 0.1) is 0 Å². The average Bonchev–Trinajstić information content (AvgIpc) is 2.39.